The number of nitrogens with zero attached hydrogens (tertiary/aromatic N) is 1. The van der Waals surface area contributed by atoms with Gasteiger partial charge in [0.15, 0.2) is 9.84 Å². The van der Waals surface area contributed by atoms with Crippen LogP contribution in [0.4, 0.5) is 5.69 Å². The van der Waals surface area contributed by atoms with Crippen LogP contribution in [0, 0.1) is 0 Å². The molecule has 1 amide bonds. The number of sulfone groups is 1. The molecule has 1 fully saturated rings. The number of thioether (sulfide) groups is 1. The summed E-state index contributed by atoms with van der Waals surface area (Å²) in [6, 6.07) is 4.91. The molecule has 0 radical (unpaired) electrons. The average molecular weight is 379 g/mol. The zero-order valence-electron chi connectivity index (χ0n) is 10.9. The van der Waals surface area contributed by atoms with Crippen molar-refractivity contribution in [1.29, 1.82) is 0 Å². The fraction of sp³-hybridized carbons (Fsp3) is 0.417. The van der Waals surface area contributed by atoms with Crippen molar-refractivity contribution < 1.29 is 13.2 Å². The molecule has 0 aliphatic carbocycles. The summed E-state index contributed by atoms with van der Waals surface area (Å²) in [5.41, 5.74) is 6.59. The number of nitrogens with two attached hydrogens (primary N) is 1. The summed E-state index contributed by atoms with van der Waals surface area (Å²) in [7, 11) is -3.31. The molecule has 1 aromatic carbocycles. The van der Waals surface area contributed by atoms with Crippen LogP contribution in [0.25, 0.3) is 0 Å². The third-order valence-electron chi connectivity index (χ3n) is 3.01. The zero-order valence-corrected chi connectivity index (χ0v) is 14.1. The van der Waals surface area contributed by atoms with E-state index in [4.69, 9.17) is 5.73 Å². The van der Waals surface area contributed by atoms with E-state index in [0.717, 1.165) is 5.75 Å². The second-order valence-corrected chi connectivity index (χ2v) is 8.90. The van der Waals surface area contributed by atoms with E-state index in [-0.39, 0.29) is 5.91 Å². The van der Waals surface area contributed by atoms with Crippen molar-refractivity contribution >= 4 is 49.1 Å². The first-order valence-electron chi connectivity index (χ1n) is 5.92. The minimum atomic E-state index is -3.31. The molecule has 1 aliphatic rings. The normalized spacial score (nSPS) is 19.9. The molecule has 1 atom stereocenters. The van der Waals surface area contributed by atoms with E-state index in [1.165, 1.54) is 11.2 Å². The number of hydrogen-bond acceptors (Lipinski definition) is 5. The molecular formula is C12H15BrN2O3S2. The van der Waals surface area contributed by atoms with E-state index in [1.54, 1.807) is 30.0 Å². The highest BCUT2D eigenvalue weighted by Crippen LogP contribution is 2.24. The summed E-state index contributed by atoms with van der Waals surface area (Å²) in [5, 5.41) is -0.769. The monoisotopic (exact) mass is 378 g/mol. The molecule has 1 aromatic rings. The van der Waals surface area contributed by atoms with E-state index in [0.29, 0.717) is 28.0 Å². The fourth-order valence-corrected chi connectivity index (χ4v) is 5.40. The Balaban J connectivity index is 2.35. The van der Waals surface area contributed by atoms with Crippen LogP contribution in [0.3, 0.4) is 0 Å². The Bertz CT molecular complexity index is 613. The topological polar surface area (TPSA) is 80.5 Å². The molecule has 0 saturated carbocycles. The largest absolute Gasteiger partial charge is 0.399 e. The van der Waals surface area contributed by atoms with Crippen LogP contribution < -0.4 is 5.73 Å². The summed E-state index contributed by atoms with van der Waals surface area (Å²) >= 11 is 4.83. The molecule has 0 bridgehead atoms. The van der Waals surface area contributed by atoms with Crippen LogP contribution in [-0.2, 0) is 9.84 Å². The Morgan fingerprint density at radius 1 is 1.45 bits per heavy atom. The zero-order chi connectivity index (χ0) is 14.9. The van der Waals surface area contributed by atoms with E-state index < -0.39 is 15.2 Å². The number of anilines is 1. The highest BCUT2D eigenvalue weighted by molar-refractivity contribution is 9.10. The van der Waals surface area contributed by atoms with Crippen molar-refractivity contribution in [2.75, 3.05) is 30.0 Å². The molecule has 1 aliphatic heterocycles. The Morgan fingerprint density at radius 2 is 2.15 bits per heavy atom. The van der Waals surface area contributed by atoms with Crippen LogP contribution in [0.15, 0.2) is 22.7 Å². The summed E-state index contributed by atoms with van der Waals surface area (Å²) < 4.78 is 24.3. The van der Waals surface area contributed by atoms with Gasteiger partial charge in [0.05, 0.1) is 0 Å². The van der Waals surface area contributed by atoms with Gasteiger partial charge in [-0.3, -0.25) is 4.79 Å². The fourth-order valence-electron chi connectivity index (χ4n) is 2.07. The molecule has 1 heterocycles. The lowest BCUT2D eigenvalue weighted by Crippen LogP contribution is -2.49. The maximum absolute atomic E-state index is 12.5. The van der Waals surface area contributed by atoms with Crippen molar-refractivity contribution in [3.8, 4) is 0 Å². The maximum Gasteiger partial charge on any atom is 0.255 e. The van der Waals surface area contributed by atoms with Crippen LogP contribution in [0.1, 0.15) is 10.4 Å². The lowest BCUT2D eigenvalue weighted by Gasteiger charge is -2.34. The third kappa shape index (κ3) is 3.48. The number of halogens is 1. The number of carbonyl (C=O) groups excluding carboxylic acids is 1. The maximum atomic E-state index is 12.5. The molecule has 0 spiro atoms. The third-order valence-corrected chi connectivity index (χ3v) is 6.11. The lowest BCUT2D eigenvalue weighted by atomic mass is 10.1. The minimum absolute atomic E-state index is 0.297. The summed E-state index contributed by atoms with van der Waals surface area (Å²) in [6.45, 7) is 0.424. The highest BCUT2D eigenvalue weighted by atomic mass is 79.9. The van der Waals surface area contributed by atoms with E-state index in [1.807, 2.05) is 0 Å². The lowest BCUT2D eigenvalue weighted by molar-refractivity contribution is 0.0749. The number of nitrogen functional groups attached to an aromatic ring is 1. The predicted octanol–water partition coefficient (Wildman–Crippen LogP) is 1.59. The van der Waals surface area contributed by atoms with Crippen LogP contribution in [0.2, 0.25) is 0 Å². The number of hydrogen-bond donors (Lipinski definition) is 1. The Morgan fingerprint density at radius 3 is 2.75 bits per heavy atom. The first-order chi connectivity index (χ1) is 9.29. The second kappa shape index (κ2) is 5.95. The standard InChI is InChI=1S/C12H15BrN2O3S2/c1-20(17,18)11-7-19-3-2-15(11)12(16)8-4-9(13)6-10(14)5-8/h4-6,11H,2-3,7,14H2,1H3. The minimum Gasteiger partial charge on any atom is -0.399 e. The molecule has 1 unspecified atom stereocenters. The van der Waals surface area contributed by atoms with Crippen molar-refractivity contribution in [3.05, 3.63) is 28.2 Å². The number of carbonyl (C=O) groups is 1. The van der Waals surface area contributed by atoms with Gasteiger partial charge < -0.3 is 10.6 Å². The van der Waals surface area contributed by atoms with E-state index in [2.05, 4.69) is 15.9 Å². The summed E-state index contributed by atoms with van der Waals surface area (Å²) in [6.07, 6.45) is 1.17. The van der Waals surface area contributed by atoms with Crippen molar-refractivity contribution in [3.63, 3.8) is 0 Å². The molecule has 2 rings (SSSR count). The molecule has 110 valence electrons. The Kier molecular flexibility index (Phi) is 4.66. The van der Waals surface area contributed by atoms with Crippen molar-refractivity contribution in [1.82, 2.24) is 4.90 Å². The summed E-state index contributed by atoms with van der Waals surface area (Å²) in [5.74, 6) is 0.851. The summed E-state index contributed by atoms with van der Waals surface area (Å²) in [4.78, 5) is 14.0. The first kappa shape index (κ1) is 15.7. The molecule has 20 heavy (non-hydrogen) atoms. The smallest absolute Gasteiger partial charge is 0.255 e. The number of amides is 1. The van der Waals surface area contributed by atoms with Crippen LogP contribution >= 0.6 is 27.7 Å². The van der Waals surface area contributed by atoms with Crippen LogP contribution in [-0.4, -0.2) is 48.9 Å². The number of rotatable bonds is 2. The molecular weight excluding hydrogens is 364 g/mol. The van der Waals surface area contributed by atoms with Gasteiger partial charge in [0, 0.05) is 40.0 Å². The SMILES string of the molecule is CS(=O)(=O)C1CSCCN1C(=O)c1cc(N)cc(Br)c1. The van der Waals surface area contributed by atoms with Crippen LogP contribution in [0.5, 0.6) is 0 Å². The Labute approximate surface area is 130 Å². The van der Waals surface area contributed by atoms with Crippen molar-refractivity contribution in [2.24, 2.45) is 0 Å². The van der Waals surface area contributed by atoms with Gasteiger partial charge in [0.25, 0.3) is 5.91 Å². The molecule has 1 saturated heterocycles. The van der Waals surface area contributed by atoms with Gasteiger partial charge in [0.2, 0.25) is 0 Å². The van der Waals surface area contributed by atoms with Gasteiger partial charge >= 0.3 is 0 Å². The van der Waals surface area contributed by atoms with Gasteiger partial charge in [-0.15, -0.1) is 0 Å². The molecule has 0 aromatic heterocycles. The average Bonchev–Trinajstić information content (AvgIpc) is 2.35. The van der Waals surface area contributed by atoms with Gasteiger partial charge in [-0.1, -0.05) is 15.9 Å². The first-order valence-corrected chi connectivity index (χ1v) is 9.83. The van der Waals surface area contributed by atoms with Gasteiger partial charge in [0.1, 0.15) is 5.37 Å². The second-order valence-electron chi connectivity index (χ2n) is 4.63. The number of benzene rings is 1. The predicted molar refractivity (Wildman–Crippen MR) is 85.5 cm³/mol. The molecule has 5 nitrogen and oxygen atoms in total. The van der Waals surface area contributed by atoms with Gasteiger partial charge in [-0.05, 0) is 18.2 Å². The molecule has 8 heteroatoms. The van der Waals surface area contributed by atoms with E-state index in [9.17, 15) is 13.2 Å². The Hall–Kier alpha value is -0.730. The molecule has 2 N–H and O–H groups in total. The van der Waals surface area contributed by atoms with Gasteiger partial charge in [-0.25, -0.2) is 8.42 Å². The van der Waals surface area contributed by atoms with Gasteiger partial charge in [-0.2, -0.15) is 11.8 Å². The van der Waals surface area contributed by atoms with Crippen molar-refractivity contribution in [2.45, 2.75) is 5.37 Å². The quantitative estimate of drug-likeness (QED) is 0.790. The highest BCUT2D eigenvalue weighted by Gasteiger charge is 2.34. The van der Waals surface area contributed by atoms with E-state index >= 15 is 0 Å².